The van der Waals surface area contributed by atoms with Crippen molar-refractivity contribution >= 4 is 27.5 Å². The lowest BCUT2D eigenvalue weighted by Crippen LogP contribution is -3.00. The number of nitrogens with one attached hydrogen (secondary N) is 1. The summed E-state index contributed by atoms with van der Waals surface area (Å²) in [6, 6.07) is 21.0. The van der Waals surface area contributed by atoms with Gasteiger partial charge in [0.15, 0.2) is 18.9 Å². The number of benzene rings is 2. The predicted molar refractivity (Wildman–Crippen MR) is 94.3 cm³/mol. The molecule has 3 aromatic rings. The fraction of sp³-hybridized carbons (Fsp3) is 0.0526. The van der Waals surface area contributed by atoms with E-state index >= 15 is 0 Å². The zero-order chi connectivity index (χ0) is 16.1. The van der Waals surface area contributed by atoms with Gasteiger partial charge in [0.1, 0.15) is 0 Å². The molecule has 5 heteroatoms. The zero-order valence-corrected chi connectivity index (χ0v) is 16.0. The summed E-state index contributed by atoms with van der Waals surface area (Å²) in [5.41, 5.74) is 2.49. The van der Waals surface area contributed by atoms with Crippen molar-refractivity contribution in [2.45, 2.75) is 6.54 Å². The van der Waals surface area contributed by atoms with Gasteiger partial charge in [0, 0.05) is 22.2 Å². The molecule has 0 aliphatic rings. The summed E-state index contributed by atoms with van der Waals surface area (Å²) in [5.74, 6) is -0.108. The van der Waals surface area contributed by atoms with Gasteiger partial charge in [-0.2, -0.15) is 0 Å². The summed E-state index contributed by atoms with van der Waals surface area (Å²) in [6.07, 6.45) is 4.00. The third-order valence-electron chi connectivity index (χ3n) is 3.52. The highest BCUT2D eigenvalue weighted by molar-refractivity contribution is 9.10. The number of amides is 1. The highest BCUT2D eigenvalue weighted by atomic mass is 79.9. The predicted octanol–water partition coefficient (Wildman–Crippen LogP) is 1.04. The first-order valence-corrected chi connectivity index (χ1v) is 8.11. The SMILES string of the molecule is O=C(Nc1cccc(Br)c1C[n+]1ccccc1)c1ccccc1.[Br-]. The Bertz CT molecular complexity index is 808. The number of carbonyl (C=O) groups is 1. The smallest absolute Gasteiger partial charge is 0.255 e. The van der Waals surface area contributed by atoms with E-state index in [2.05, 4.69) is 25.8 Å². The topological polar surface area (TPSA) is 33.0 Å². The summed E-state index contributed by atoms with van der Waals surface area (Å²) in [4.78, 5) is 12.4. The van der Waals surface area contributed by atoms with Crippen LogP contribution in [0.3, 0.4) is 0 Å². The fourth-order valence-electron chi connectivity index (χ4n) is 2.34. The Balaban J connectivity index is 0.00000208. The molecule has 3 rings (SSSR count). The number of carbonyl (C=O) groups excluding carboxylic acids is 1. The third kappa shape index (κ3) is 4.52. The maximum absolute atomic E-state index is 12.4. The van der Waals surface area contributed by atoms with Crippen LogP contribution in [0.4, 0.5) is 5.69 Å². The standard InChI is InChI=1S/C19H15BrN2O.BrH/c20-17-10-7-11-18(16(17)14-22-12-5-2-6-13-22)21-19(23)15-8-3-1-4-9-15;/h1-13H,14H2;1H. The van der Waals surface area contributed by atoms with Gasteiger partial charge in [-0.3, -0.25) is 4.79 Å². The lowest BCUT2D eigenvalue weighted by molar-refractivity contribution is -0.688. The minimum Gasteiger partial charge on any atom is -1.00 e. The number of nitrogens with zero attached hydrogens (tertiary/aromatic N) is 1. The van der Waals surface area contributed by atoms with E-state index in [-0.39, 0.29) is 22.9 Å². The molecule has 2 aromatic carbocycles. The van der Waals surface area contributed by atoms with E-state index in [1.165, 1.54) is 0 Å². The molecule has 0 unspecified atom stereocenters. The van der Waals surface area contributed by atoms with Crippen molar-refractivity contribution in [3.8, 4) is 0 Å². The molecule has 1 heterocycles. The summed E-state index contributed by atoms with van der Waals surface area (Å²) in [7, 11) is 0. The fourth-order valence-corrected chi connectivity index (χ4v) is 2.83. The maximum Gasteiger partial charge on any atom is 0.255 e. The molecule has 1 N–H and O–H groups in total. The summed E-state index contributed by atoms with van der Waals surface area (Å²) in [6.45, 7) is 0.673. The van der Waals surface area contributed by atoms with Crippen molar-refractivity contribution in [1.29, 1.82) is 0 Å². The normalized spacial score (nSPS) is 9.88. The number of halogens is 2. The Labute approximate surface area is 160 Å². The molecular formula is C19H16Br2N2O. The second-order valence-electron chi connectivity index (χ2n) is 5.13. The third-order valence-corrected chi connectivity index (χ3v) is 4.26. The molecule has 0 radical (unpaired) electrons. The molecule has 1 aromatic heterocycles. The minimum absolute atomic E-state index is 0. The molecule has 122 valence electrons. The van der Waals surface area contributed by atoms with Crippen LogP contribution >= 0.6 is 15.9 Å². The van der Waals surface area contributed by atoms with Crippen LogP contribution in [0.15, 0.2) is 83.6 Å². The minimum atomic E-state index is -0.108. The maximum atomic E-state index is 12.4. The monoisotopic (exact) mass is 446 g/mol. The largest absolute Gasteiger partial charge is 1.00 e. The lowest BCUT2D eigenvalue weighted by Gasteiger charge is -2.11. The van der Waals surface area contributed by atoms with Gasteiger partial charge >= 0.3 is 0 Å². The van der Waals surface area contributed by atoms with Crippen molar-refractivity contribution in [3.05, 3.63) is 94.7 Å². The molecule has 3 nitrogen and oxygen atoms in total. The number of rotatable bonds is 4. The Kier molecular flexibility index (Phi) is 6.70. The second kappa shape index (κ2) is 8.76. The first-order chi connectivity index (χ1) is 11.2. The average Bonchev–Trinajstić information content (AvgIpc) is 2.59. The molecule has 0 saturated heterocycles. The van der Waals surface area contributed by atoms with Crippen LogP contribution in [0, 0.1) is 0 Å². The van der Waals surface area contributed by atoms with Crippen molar-refractivity contribution < 1.29 is 26.3 Å². The van der Waals surface area contributed by atoms with Gasteiger partial charge in [0.05, 0.1) is 11.3 Å². The van der Waals surface area contributed by atoms with Crippen LogP contribution < -0.4 is 26.9 Å². The quantitative estimate of drug-likeness (QED) is 0.595. The molecular weight excluding hydrogens is 432 g/mol. The first-order valence-electron chi connectivity index (χ1n) is 7.32. The average molecular weight is 448 g/mol. The lowest BCUT2D eigenvalue weighted by atomic mass is 10.1. The number of pyridine rings is 1. The summed E-state index contributed by atoms with van der Waals surface area (Å²) in [5, 5.41) is 3.01. The van der Waals surface area contributed by atoms with Crippen molar-refractivity contribution in [2.75, 3.05) is 5.32 Å². The van der Waals surface area contributed by atoms with E-state index in [1.54, 1.807) is 12.1 Å². The summed E-state index contributed by atoms with van der Waals surface area (Å²) >= 11 is 3.59. The van der Waals surface area contributed by atoms with Crippen molar-refractivity contribution in [1.82, 2.24) is 0 Å². The van der Waals surface area contributed by atoms with Crippen molar-refractivity contribution in [3.63, 3.8) is 0 Å². The van der Waals surface area contributed by atoms with Gasteiger partial charge < -0.3 is 22.3 Å². The molecule has 0 bridgehead atoms. The summed E-state index contributed by atoms with van der Waals surface area (Å²) < 4.78 is 3.04. The molecule has 0 saturated carbocycles. The molecule has 24 heavy (non-hydrogen) atoms. The van der Waals surface area contributed by atoms with Crippen LogP contribution in [0.2, 0.25) is 0 Å². The number of anilines is 1. The van der Waals surface area contributed by atoms with Crippen LogP contribution in [-0.4, -0.2) is 5.91 Å². The Morgan fingerprint density at radius 1 is 0.917 bits per heavy atom. The van der Waals surface area contributed by atoms with E-state index < -0.39 is 0 Å². The van der Waals surface area contributed by atoms with Gasteiger partial charge in [-0.05, 0) is 24.3 Å². The van der Waals surface area contributed by atoms with Crippen LogP contribution in [-0.2, 0) is 6.54 Å². The van der Waals surface area contributed by atoms with Crippen LogP contribution in [0.25, 0.3) is 0 Å². The van der Waals surface area contributed by atoms with E-state index in [9.17, 15) is 4.79 Å². The first kappa shape index (κ1) is 18.4. The Morgan fingerprint density at radius 2 is 1.58 bits per heavy atom. The van der Waals surface area contributed by atoms with Gasteiger partial charge in [0.25, 0.3) is 5.91 Å². The Morgan fingerprint density at radius 3 is 2.29 bits per heavy atom. The van der Waals surface area contributed by atoms with E-state index in [0.29, 0.717) is 12.1 Å². The van der Waals surface area contributed by atoms with Crippen LogP contribution in [0.5, 0.6) is 0 Å². The van der Waals surface area contributed by atoms with Crippen molar-refractivity contribution in [2.24, 2.45) is 0 Å². The number of hydrogen-bond acceptors (Lipinski definition) is 1. The van der Waals surface area contributed by atoms with E-state index in [1.807, 2.05) is 67.0 Å². The van der Waals surface area contributed by atoms with E-state index in [0.717, 1.165) is 15.7 Å². The highest BCUT2D eigenvalue weighted by Gasteiger charge is 2.14. The molecule has 0 atom stereocenters. The zero-order valence-electron chi connectivity index (χ0n) is 12.8. The van der Waals surface area contributed by atoms with E-state index in [4.69, 9.17) is 0 Å². The molecule has 1 amide bonds. The highest BCUT2D eigenvalue weighted by Crippen LogP contribution is 2.25. The van der Waals surface area contributed by atoms with Gasteiger partial charge in [-0.25, -0.2) is 4.57 Å². The van der Waals surface area contributed by atoms with Gasteiger partial charge in [0.2, 0.25) is 0 Å². The van der Waals surface area contributed by atoms with Crippen LogP contribution in [0.1, 0.15) is 15.9 Å². The van der Waals surface area contributed by atoms with Gasteiger partial charge in [-0.1, -0.05) is 46.3 Å². The number of aromatic nitrogens is 1. The number of hydrogen-bond donors (Lipinski definition) is 1. The molecule has 0 aliphatic heterocycles. The Hall–Kier alpha value is -1.98. The molecule has 0 spiro atoms. The molecule has 0 aliphatic carbocycles. The second-order valence-corrected chi connectivity index (χ2v) is 5.99. The van der Waals surface area contributed by atoms with Gasteiger partial charge in [-0.15, -0.1) is 0 Å². The molecule has 0 fully saturated rings.